The number of carbonyl (C=O) groups is 1. The van der Waals surface area contributed by atoms with Gasteiger partial charge < -0.3 is 4.74 Å². The molecular weight excluding hydrogens is 230 g/mol. The molecule has 0 radical (unpaired) electrons. The highest BCUT2D eigenvalue weighted by Crippen LogP contribution is 2.28. The number of ether oxygens (including phenoxy) is 1. The van der Waals surface area contributed by atoms with Gasteiger partial charge in [-0.15, -0.1) is 0 Å². The van der Waals surface area contributed by atoms with Crippen LogP contribution in [-0.4, -0.2) is 17.6 Å². The third-order valence-electron chi connectivity index (χ3n) is 2.13. The van der Waals surface area contributed by atoms with Crippen molar-refractivity contribution in [1.29, 1.82) is 5.26 Å². The number of hydrogen-bond acceptors (Lipinski definition) is 4. The van der Waals surface area contributed by atoms with Crippen molar-refractivity contribution >= 4 is 5.97 Å². The summed E-state index contributed by atoms with van der Waals surface area (Å²) in [5.74, 6) is -0.926. The lowest BCUT2D eigenvalue weighted by molar-refractivity contribution is 0.0514. The summed E-state index contributed by atoms with van der Waals surface area (Å²) in [7, 11) is 0. The summed E-state index contributed by atoms with van der Waals surface area (Å²) >= 11 is 0. The van der Waals surface area contributed by atoms with Crippen molar-refractivity contribution in [3.63, 3.8) is 0 Å². The predicted octanol–water partition coefficient (Wildman–Crippen LogP) is 2.38. The van der Waals surface area contributed by atoms with Gasteiger partial charge in [-0.3, -0.25) is 4.98 Å². The lowest BCUT2D eigenvalue weighted by atomic mass is 10.0. The van der Waals surface area contributed by atoms with Gasteiger partial charge in [-0.1, -0.05) is 0 Å². The number of esters is 1. The van der Waals surface area contributed by atoms with Crippen LogP contribution < -0.4 is 0 Å². The molecule has 1 aromatic heterocycles. The minimum atomic E-state index is -2.88. The first-order valence-electron chi connectivity index (χ1n) is 4.87. The van der Waals surface area contributed by atoms with Crippen LogP contribution in [0.3, 0.4) is 0 Å². The summed E-state index contributed by atoms with van der Waals surface area (Å²) in [5.41, 5.74) is -1.12. The molecule has 0 saturated heterocycles. The highest BCUT2D eigenvalue weighted by atomic mass is 19.3. The first-order valence-corrected chi connectivity index (χ1v) is 4.87. The molecule has 0 aliphatic heterocycles. The average Bonchev–Trinajstić information content (AvgIpc) is 2.28. The summed E-state index contributed by atoms with van der Waals surface area (Å²) in [5, 5.41) is 8.79. The van der Waals surface area contributed by atoms with Crippen molar-refractivity contribution < 1.29 is 18.3 Å². The maximum Gasteiger partial charge on any atom is 0.340 e. The van der Waals surface area contributed by atoms with Gasteiger partial charge in [-0.2, -0.15) is 5.26 Å². The molecule has 0 atom stereocenters. The van der Waals surface area contributed by atoms with Gasteiger partial charge in [0.1, 0.15) is 6.07 Å². The van der Waals surface area contributed by atoms with Crippen molar-refractivity contribution in [2.45, 2.75) is 20.3 Å². The zero-order chi connectivity index (χ0) is 13.0. The molecule has 0 unspecified atom stereocenters. The third kappa shape index (κ3) is 2.56. The van der Waals surface area contributed by atoms with Crippen LogP contribution in [0.2, 0.25) is 0 Å². The summed E-state index contributed by atoms with van der Waals surface area (Å²) in [6.07, 6.45) is -1.79. The maximum absolute atomic E-state index is 12.8. The van der Waals surface area contributed by atoms with Crippen molar-refractivity contribution in [3.05, 3.63) is 28.6 Å². The molecule has 4 nitrogen and oxygen atoms in total. The number of halogens is 2. The Bertz CT molecular complexity index is 481. The Morgan fingerprint density at radius 3 is 2.76 bits per heavy atom. The lowest BCUT2D eigenvalue weighted by Gasteiger charge is -2.11. The number of carbonyl (C=O) groups excluding carboxylic acids is 1. The SMILES string of the molecule is CCOC(=O)c1c(C#N)cnc(C)c1C(F)F. The standard InChI is InChI=1S/C11H10F2N2O2/c1-3-17-11(16)9-7(4-14)5-15-6(2)8(9)10(12)13/h5,10H,3H2,1-2H3. The molecule has 0 spiro atoms. The second-order valence-electron chi connectivity index (χ2n) is 3.18. The number of pyridine rings is 1. The highest BCUT2D eigenvalue weighted by molar-refractivity contribution is 5.94. The van der Waals surface area contributed by atoms with E-state index in [9.17, 15) is 13.6 Å². The van der Waals surface area contributed by atoms with Gasteiger partial charge in [0.2, 0.25) is 0 Å². The summed E-state index contributed by atoms with van der Waals surface area (Å²) in [6, 6.07) is 1.66. The predicted molar refractivity (Wildman–Crippen MR) is 54.6 cm³/mol. The molecule has 0 saturated carbocycles. The Balaban J connectivity index is 3.47. The summed E-state index contributed by atoms with van der Waals surface area (Å²) < 4.78 is 30.4. The molecule has 0 fully saturated rings. The molecule has 0 N–H and O–H groups in total. The number of aromatic nitrogens is 1. The van der Waals surface area contributed by atoms with Crippen LogP contribution in [0.15, 0.2) is 6.20 Å². The van der Waals surface area contributed by atoms with E-state index in [2.05, 4.69) is 9.72 Å². The number of rotatable bonds is 3. The van der Waals surface area contributed by atoms with Crippen molar-refractivity contribution in [1.82, 2.24) is 4.98 Å². The minimum absolute atomic E-state index is 0.0158. The average molecular weight is 240 g/mol. The fraction of sp³-hybridized carbons (Fsp3) is 0.364. The van der Waals surface area contributed by atoms with E-state index in [-0.39, 0.29) is 17.9 Å². The number of aryl methyl sites for hydroxylation is 1. The zero-order valence-electron chi connectivity index (χ0n) is 9.33. The van der Waals surface area contributed by atoms with Gasteiger partial charge in [0, 0.05) is 11.9 Å². The topological polar surface area (TPSA) is 63.0 Å². The van der Waals surface area contributed by atoms with E-state index in [1.54, 1.807) is 13.0 Å². The molecule has 90 valence electrons. The molecule has 0 amide bonds. The Morgan fingerprint density at radius 1 is 1.65 bits per heavy atom. The van der Waals surface area contributed by atoms with E-state index in [1.165, 1.54) is 6.92 Å². The quantitative estimate of drug-likeness (QED) is 0.761. The zero-order valence-corrected chi connectivity index (χ0v) is 9.33. The van der Waals surface area contributed by atoms with Crippen LogP contribution in [0.4, 0.5) is 8.78 Å². The normalized spacial score (nSPS) is 10.1. The van der Waals surface area contributed by atoms with Crippen LogP contribution in [0.1, 0.15) is 40.5 Å². The molecule has 0 bridgehead atoms. The Morgan fingerprint density at radius 2 is 2.29 bits per heavy atom. The fourth-order valence-electron chi connectivity index (χ4n) is 1.40. The molecular formula is C11H10F2N2O2. The molecule has 1 heterocycles. The molecule has 0 aromatic carbocycles. The molecule has 1 rings (SSSR count). The third-order valence-corrected chi connectivity index (χ3v) is 2.13. The second kappa shape index (κ2) is 5.34. The maximum atomic E-state index is 12.8. The largest absolute Gasteiger partial charge is 0.462 e. The van der Waals surface area contributed by atoms with Crippen LogP contribution in [-0.2, 0) is 4.74 Å². The van der Waals surface area contributed by atoms with Gasteiger partial charge >= 0.3 is 5.97 Å². The van der Waals surface area contributed by atoms with E-state index in [1.807, 2.05) is 0 Å². The molecule has 1 aromatic rings. The number of hydrogen-bond donors (Lipinski definition) is 0. The summed E-state index contributed by atoms with van der Waals surface area (Å²) in [4.78, 5) is 15.2. The van der Waals surface area contributed by atoms with Crippen LogP contribution >= 0.6 is 0 Å². The Hall–Kier alpha value is -2.03. The monoisotopic (exact) mass is 240 g/mol. The fourth-order valence-corrected chi connectivity index (χ4v) is 1.40. The van der Waals surface area contributed by atoms with Crippen LogP contribution in [0.25, 0.3) is 0 Å². The molecule has 0 aliphatic carbocycles. The highest BCUT2D eigenvalue weighted by Gasteiger charge is 2.26. The molecule has 0 aliphatic rings. The Labute approximate surface area is 96.8 Å². The smallest absolute Gasteiger partial charge is 0.340 e. The lowest BCUT2D eigenvalue weighted by Crippen LogP contribution is -2.13. The van der Waals surface area contributed by atoms with Gasteiger partial charge in [0.05, 0.1) is 23.3 Å². The van der Waals surface area contributed by atoms with Crippen molar-refractivity contribution in [2.24, 2.45) is 0 Å². The van der Waals surface area contributed by atoms with Crippen LogP contribution in [0, 0.1) is 18.3 Å². The van der Waals surface area contributed by atoms with E-state index >= 15 is 0 Å². The first-order chi connectivity index (χ1) is 8.02. The summed E-state index contributed by atoms with van der Waals surface area (Å²) in [6.45, 7) is 2.96. The van der Waals surface area contributed by atoms with E-state index < -0.39 is 23.5 Å². The molecule has 17 heavy (non-hydrogen) atoms. The van der Waals surface area contributed by atoms with E-state index in [0.29, 0.717) is 0 Å². The first kappa shape index (κ1) is 13.0. The van der Waals surface area contributed by atoms with E-state index in [4.69, 9.17) is 5.26 Å². The second-order valence-corrected chi connectivity index (χ2v) is 3.18. The Kier molecular flexibility index (Phi) is 4.10. The van der Waals surface area contributed by atoms with Gasteiger partial charge in [-0.25, -0.2) is 13.6 Å². The number of alkyl halides is 2. The van der Waals surface area contributed by atoms with E-state index in [0.717, 1.165) is 6.20 Å². The van der Waals surface area contributed by atoms with Gasteiger partial charge in [-0.05, 0) is 13.8 Å². The van der Waals surface area contributed by atoms with Crippen molar-refractivity contribution in [2.75, 3.05) is 6.61 Å². The van der Waals surface area contributed by atoms with Gasteiger partial charge in [0.15, 0.2) is 0 Å². The number of nitriles is 1. The number of nitrogens with zero attached hydrogens (tertiary/aromatic N) is 2. The van der Waals surface area contributed by atoms with Gasteiger partial charge in [0.25, 0.3) is 6.43 Å². The minimum Gasteiger partial charge on any atom is -0.462 e. The molecule has 6 heteroatoms. The van der Waals surface area contributed by atoms with Crippen molar-refractivity contribution in [3.8, 4) is 6.07 Å². The van der Waals surface area contributed by atoms with Crippen LogP contribution in [0.5, 0.6) is 0 Å².